The van der Waals surface area contributed by atoms with Crippen LogP contribution in [0.3, 0.4) is 0 Å². The van der Waals surface area contributed by atoms with Crippen LogP contribution in [0, 0.1) is 0 Å². The number of thioether (sulfide) groups is 1. The molecule has 0 spiro atoms. The molecule has 6 heteroatoms. The normalized spacial score (nSPS) is 12.9. The van der Waals surface area contributed by atoms with E-state index in [9.17, 15) is 8.78 Å². The van der Waals surface area contributed by atoms with E-state index in [1.165, 1.54) is 30.1 Å². The molecule has 1 aromatic rings. The van der Waals surface area contributed by atoms with Crippen LogP contribution in [0.5, 0.6) is 0 Å². The van der Waals surface area contributed by atoms with Crippen molar-refractivity contribution in [2.75, 3.05) is 12.8 Å². The molecule has 0 aromatic carbocycles. The highest BCUT2D eigenvalue weighted by Crippen LogP contribution is 2.35. The van der Waals surface area contributed by atoms with Gasteiger partial charge in [0.05, 0.1) is 5.69 Å². The molecular weight excluding hydrogens is 345 g/mol. The molecule has 0 saturated carbocycles. The molecule has 2 nitrogen and oxygen atoms in total. The zero-order valence-electron chi connectivity index (χ0n) is 8.88. The number of aliphatic imine (C=N–C) groups is 1. The van der Waals surface area contributed by atoms with Gasteiger partial charge in [0, 0.05) is 41.4 Å². The third-order valence-electron chi connectivity index (χ3n) is 1.79. The average Bonchev–Trinajstić information content (AvgIpc) is 2.25. The van der Waals surface area contributed by atoms with Crippen molar-refractivity contribution in [1.29, 1.82) is 0 Å². The monoisotopic (exact) mass is 356 g/mol. The molecule has 1 rings (SSSR count). The third-order valence-corrected chi connectivity index (χ3v) is 3.37. The van der Waals surface area contributed by atoms with Crippen LogP contribution in [0.25, 0.3) is 0 Å². The highest BCUT2D eigenvalue weighted by atomic mass is 127. The Hall–Kier alpha value is -0.240. The molecule has 0 N–H and O–H groups in total. The lowest BCUT2D eigenvalue weighted by Crippen LogP contribution is -2.06. The zero-order chi connectivity index (χ0) is 12.2. The van der Waals surface area contributed by atoms with Gasteiger partial charge in [0.15, 0.2) is 0 Å². The Morgan fingerprint density at radius 1 is 1.62 bits per heavy atom. The molecule has 16 heavy (non-hydrogen) atoms. The van der Waals surface area contributed by atoms with E-state index in [4.69, 9.17) is 0 Å². The second-order valence-electron chi connectivity index (χ2n) is 2.89. The summed E-state index contributed by atoms with van der Waals surface area (Å²) in [6.07, 6.45) is 1.39. The van der Waals surface area contributed by atoms with E-state index in [2.05, 4.69) is 9.98 Å². The minimum atomic E-state index is -2.87. The van der Waals surface area contributed by atoms with Gasteiger partial charge in [-0.15, -0.1) is 11.8 Å². The number of hydrogen-bond donors (Lipinski definition) is 0. The van der Waals surface area contributed by atoms with Gasteiger partial charge >= 0.3 is 3.93 Å². The molecular formula is C10H11F2IN2S. The number of hydrogen-bond acceptors (Lipinski definition) is 3. The summed E-state index contributed by atoms with van der Waals surface area (Å²) >= 11 is 2.60. The van der Waals surface area contributed by atoms with Crippen molar-refractivity contribution < 1.29 is 8.78 Å². The molecule has 0 aliphatic rings. The average molecular weight is 356 g/mol. The van der Waals surface area contributed by atoms with Gasteiger partial charge in [-0.2, -0.15) is 8.78 Å². The number of pyridine rings is 1. The van der Waals surface area contributed by atoms with Crippen molar-refractivity contribution in [3.63, 3.8) is 0 Å². The smallest absolute Gasteiger partial charge is 0.280 e. The topological polar surface area (TPSA) is 25.2 Å². The quantitative estimate of drug-likeness (QED) is 0.357. The van der Waals surface area contributed by atoms with Gasteiger partial charge in [-0.3, -0.25) is 9.98 Å². The molecule has 0 aliphatic heterocycles. The SMILES string of the molecule is CCSC(=NC)c1cc(C(F)(F)I)ccn1. The second-order valence-corrected chi connectivity index (χ2v) is 5.50. The maximum atomic E-state index is 13.1. The lowest BCUT2D eigenvalue weighted by atomic mass is 10.2. The lowest BCUT2D eigenvalue weighted by Gasteiger charge is -2.10. The van der Waals surface area contributed by atoms with E-state index in [0.717, 1.165) is 28.3 Å². The van der Waals surface area contributed by atoms with Gasteiger partial charge in [0.2, 0.25) is 0 Å². The fourth-order valence-corrected chi connectivity index (χ4v) is 2.11. The highest BCUT2D eigenvalue weighted by molar-refractivity contribution is 14.1. The van der Waals surface area contributed by atoms with Crippen LogP contribution in [0.4, 0.5) is 8.78 Å². The van der Waals surface area contributed by atoms with Gasteiger partial charge in [0.25, 0.3) is 0 Å². The van der Waals surface area contributed by atoms with E-state index >= 15 is 0 Å². The first kappa shape index (κ1) is 13.8. The summed E-state index contributed by atoms with van der Waals surface area (Å²) in [4.78, 5) is 8.10. The number of rotatable bonds is 3. The van der Waals surface area contributed by atoms with E-state index in [1.807, 2.05) is 6.92 Å². The second kappa shape index (κ2) is 5.90. The lowest BCUT2D eigenvalue weighted by molar-refractivity contribution is 0.127. The third kappa shape index (κ3) is 3.65. The number of nitrogens with zero attached hydrogens (tertiary/aromatic N) is 2. The molecule has 1 heterocycles. The summed E-state index contributed by atoms with van der Waals surface area (Å²) in [6, 6.07) is 2.71. The molecule has 0 bridgehead atoms. The summed E-state index contributed by atoms with van der Waals surface area (Å²) in [6.45, 7) is 1.98. The van der Waals surface area contributed by atoms with Crippen molar-refractivity contribution in [2.45, 2.75) is 10.9 Å². The number of alkyl halides is 3. The van der Waals surface area contributed by atoms with E-state index < -0.39 is 3.93 Å². The van der Waals surface area contributed by atoms with Crippen molar-refractivity contribution in [1.82, 2.24) is 4.98 Å². The Morgan fingerprint density at radius 3 is 2.81 bits per heavy atom. The highest BCUT2D eigenvalue weighted by Gasteiger charge is 2.27. The van der Waals surface area contributed by atoms with Crippen molar-refractivity contribution >= 4 is 39.4 Å². The first-order valence-corrected chi connectivity index (χ1v) is 6.68. The predicted octanol–water partition coefficient (Wildman–Crippen LogP) is 3.70. The minimum Gasteiger partial charge on any atom is -0.280 e. The summed E-state index contributed by atoms with van der Waals surface area (Å²) in [5.74, 6) is 0.833. The summed E-state index contributed by atoms with van der Waals surface area (Å²) in [5.41, 5.74) is 0.458. The molecule has 88 valence electrons. The summed E-state index contributed by atoms with van der Waals surface area (Å²) in [7, 11) is 1.63. The molecule has 1 aromatic heterocycles. The van der Waals surface area contributed by atoms with Crippen LogP contribution in [0.2, 0.25) is 0 Å². The molecule has 0 fully saturated rings. The molecule has 0 atom stereocenters. The van der Waals surface area contributed by atoms with E-state index in [0.29, 0.717) is 10.7 Å². The van der Waals surface area contributed by atoms with Gasteiger partial charge in [-0.25, -0.2) is 0 Å². The molecule has 0 unspecified atom stereocenters. The molecule has 0 radical (unpaired) electrons. The fourth-order valence-electron chi connectivity index (χ4n) is 1.11. The maximum Gasteiger partial charge on any atom is 0.321 e. The Bertz CT molecular complexity index is 391. The van der Waals surface area contributed by atoms with Gasteiger partial charge in [-0.05, 0) is 17.9 Å². The largest absolute Gasteiger partial charge is 0.321 e. The van der Waals surface area contributed by atoms with Crippen LogP contribution in [0.15, 0.2) is 23.3 Å². The Morgan fingerprint density at radius 2 is 2.31 bits per heavy atom. The van der Waals surface area contributed by atoms with E-state index in [1.54, 1.807) is 7.05 Å². The van der Waals surface area contributed by atoms with Crippen molar-refractivity contribution in [2.24, 2.45) is 4.99 Å². The number of aromatic nitrogens is 1. The van der Waals surface area contributed by atoms with Crippen LogP contribution in [0.1, 0.15) is 18.2 Å². The Balaban J connectivity index is 3.07. The summed E-state index contributed by atoms with van der Waals surface area (Å²) in [5, 5.41) is 0.685. The van der Waals surface area contributed by atoms with Crippen LogP contribution >= 0.6 is 34.4 Å². The molecule has 0 aliphatic carbocycles. The first-order valence-electron chi connectivity index (χ1n) is 4.62. The molecule has 0 saturated heterocycles. The summed E-state index contributed by atoms with van der Waals surface area (Å²) < 4.78 is 23.3. The van der Waals surface area contributed by atoms with Crippen molar-refractivity contribution in [3.8, 4) is 0 Å². The van der Waals surface area contributed by atoms with Crippen LogP contribution < -0.4 is 0 Å². The maximum absolute atomic E-state index is 13.1. The van der Waals surface area contributed by atoms with Crippen LogP contribution in [-0.4, -0.2) is 22.8 Å². The van der Waals surface area contributed by atoms with Crippen molar-refractivity contribution in [3.05, 3.63) is 29.6 Å². The predicted molar refractivity (Wildman–Crippen MR) is 72.7 cm³/mol. The number of halogens is 3. The standard InChI is InChI=1S/C10H11F2IN2S/c1-3-16-9(14-2)8-6-7(4-5-15-8)10(11,12)13/h4-6H,3H2,1-2H3. The zero-order valence-corrected chi connectivity index (χ0v) is 11.8. The Kier molecular flexibility index (Phi) is 5.10. The molecule has 0 amide bonds. The van der Waals surface area contributed by atoms with Gasteiger partial charge < -0.3 is 0 Å². The fraction of sp³-hybridized carbons (Fsp3) is 0.400. The first-order chi connectivity index (χ1) is 7.49. The van der Waals surface area contributed by atoms with Crippen LogP contribution in [-0.2, 0) is 3.93 Å². The Labute approximate surface area is 111 Å². The van der Waals surface area contributed by atoms with Gasteiger partial charge in [-0.1, -0.05) is 6.92 Å². The van der Waals surface area contributed by atoms with Gasteiger partial charge in [0.1, 0.15) is 5.04 Å². The van der Waals surface area contributed by atoms with E-state index in [-0.39, 0.29) is 5.56 Å². The minimum absolute atomic E-state index is 0.0454.